The Morgan fingerprint density at radius 3 is 2.56 bits per heavy atom. The summed E-state index contributed by atoms with van der Waals surface area (Å²) in [6.45, 7) is 4.27. The molecule has 2 aromatic rings. The van der Waals surface area contributed by atoms with Crippen LogP contribution in [0.1, 0.15) is 21.6 Å². The molecule has 0 amide bonds. The van der Waals surface area contributed by atoms with Gasteiger partial charge in [0.05, 0.1) is 0 Å². The van der Waals surface area contributed by atoms with Gasteiger partial charge in [-0.15, -0.1) is 11.3 Å². The van der Waals surface area contributed by atoms with Gasteiger partial charge in [0.1, 0.15) is 0 Å². The number of hydrogen-bond acceptors (Lipinski definition) is 1. The summed E-state index contributed by atoms with van der Waals surface area (Å²) in [6.07, 6.45) is 2.17. The van der Waals surface area contributed by atoms with Crippen LogP contribution in [-0.2, 0) is 12.8 Å². The fourth-order valence-electron chi connectivity index (χ4n) is 1.91. The first-order valence-corrected chi connectivity index (χ1v) is 6.70. The van der Waals surface area contributed by atoms with Crippen LogP contribution in [0.15, 0.2) is 29.6 Å². The fraction of sp³-hybridized carbons (Fsp3) is 0.286. The van der Waals surface area contributed by atoms with Crippen LogP contribution in [-0.4, -0.2) is 0 Å². The zero-order valence-electron chi connectivity index (χ0n) is 9.59. The highest BCUT2D eigenvalue weighted by atomic mass is 35.5. The van der Waals surface area contributed by atoms with E-state index in [1.165, 1.54) is 21.6 Å². The number of aryl methyl sites for hydroxylation is 4. The third-order valence-electron chi connectivity index (χ3n) is 2.75. The van der Waals surface area contributed by atoms with E-state index in [4.69, 9.17) is 11.6 Å². The molecule has 0 fully saturated rings. The van der Waals surface area contributed by atoms with Gasteiger partial charge < -0.3 is 0 Å². The maximum absolute atomic E-state index is 6.04. The van der Waals surface area contributed by atoms with Crippen molar-refractivity contribution in [2.45, 2.75) is 26.7 Å². The van der Waals surface area contributed by atoms with Crippen LogP contribution in [0.3, 0.4) is 0 Å². The van der Waals surface area contributed by atoms with Gasteiger partial charge in [-0.2, -0.15) is 0 Å². The van der Waals surface area contributed by atoms with E-state index in [1.54, 1.807) is 0 Å². The molecule has 0 aliphatic carbocycles. The summed E-state index contributed by atoms with van der Waals surface area (Å²) < 4.78 is 0. The standard InChI is InChI=1S/C14H15ClS/c1-10-7-12(9-14(15)8-10)3-4-13-5-6-16-11(13)2/h5-9H,3-4H2,1-2H3. The lowest BCUT2D eigenvalue weighted by Gasteiger charge is -2.04. The van der Waals surface area contributed by atoms with Crippen LogP contribution in [0.2, 0.25) is 5.02 Å². The largest absolute Gasteiger partial charge is 0.149 e. The molecule has 0 nitrogen and oxygen atoms in total. The first-order valence-electron chi connectivity index (χ1n) is 5.44. The van der Waals surface area contributed by atoms with Gasteiger partial charge in [-0.1, -0.05) is 17.7 Å². The van der Waals surface area contributed by atoms with E-state index in [0.29, 0.717) is 0 Å². The highest BCUT2D eigenvalue weighted by Crippen LogP contribution is 2.19. The molecule has 0 atom stereocenters. The molecule has 16 heavy (non-hydrogen) atoms. The van der Waals surface area contributed by atoms with Crippen LogP contribution >= 0.6 is 22.9 Å². The maximum atomic E-state index is 6.04. The Kier molecular flexibility index (Phi) is 3.67. The molecule has 0 saturated carbocycles. The van der Waals surface area contributed by atoms with E-state index < -0.39 is 0 Å². The minimum atomic E-state index is 0.844. The van der Waals surface area contributed by atoms with Crippen molar-refractivity contribution in [3.05, 3.63) is 56.2 Å². The van der Waals surface area contributed by atoms with Crippen molar-refractivity contribution in [1.82, 2.24) is 0 Å². The molecule has 0 bridgehead atoms. The molecule has 2 heteroatoms. The van der Waals surface area contributed by atoms with Gasteiger partial charge in [-0.3, -0.25) is 0 Å². The van der Waals surface area contributed by atoms with Gasteiger partial charge >= 0.3 is 0 Å². The minimum absolute atomic E-state index is 0.844. The minimum Gasteiger partial charge on any atom is -0.149 e. The highest BCUT2D eigenvalue weighted by Gasteiger charge is 2.02. The summed E-state index contributed by atoms with van der Waals surface area (Å²) in [5.74, 6) is 0. The van der Waals surface area contributed by atoms with Crippen LogP contribution in [0.5, 0.6) is 0 Å². The smallest absolute Gasteiger partial charge is 0.0411 e. The Bertz CT molecular complexity index is 465. The van der Waals surface area contributed by atoms with Crippen molar-refractivity contribution in [3.63, 3.8) is 0 Å². The maximum Gasteiger partial charge on any atom is 0.0411 e. The van der Waals surface area contributed by atoms with Gasteiger partial charge in [-0.05, 0) is 67.0 Å². The van der Waals surface area contributed by atoms with Crippen molar-refractivity contribution in [2.24, 2.45) is 0 Å². The molecular weight excluding hydrogens is 236 g/mol. The zero-order valence-corrected chi connectivity index (χ0v) is 11.2. The van der Waals surface area contributed by atoms with Crippen LogP contribution in [0.4, 0.5) is 0 Å². The lowest BCUT2D eigenvalue weighted by atomic mass is 10.0. The Morgan fingerprint density at radius 2 is 1.94 bits per heavy atom. The molecule has 2 rings (SSSR count). The molecular formula is C14H15ClS. The number of rotatable bonds is 3. The van der Waals surface area contributed by atoms with E-state index in [2.05, 4.69) is 37.4 Å². The van der Waals surface area contributed by atoms with E-state index in [0.717, 1.165) is 17.9 Å². The number of halogens is 1. The Balaban J connectivity index is 2.07. The van der Waals surface area contributed by atoms with Gasteiger partial charge in [0.25, 0.3) is 0 Å². The summed E-state index contributed by atoms with van der Waals surface area (Å²) in [5, 5.41) is 3.01. The predicted octanol–water partition coefficient (Wildman–Crippen LogP) is 4.80. The molecule has 0 aliphatic heterocycles. The predicted molar refractivity (Wildman–Crippen MR) is 72.7 cm³/mol. The summed E-state index contributed by atoms with van der Waals surface area (Å²) >= 11 is 7.86. The van der Waals surface area contributed by atoms with Gasteiger partial charge in [-0.25, -0.2) is 0 Å². The number of benzene rings is 1. The van der Waals surface area contributed by atoms with Crippen molar-refractivity contribution in [2.75, 3.05) is 0 Å². The Hall–Kier alpha value is -0.790. The molecule has 0 saturated heterocycles. The summed E-state index contributed by atoms with van der Waals surface area (Å²) in [6, 6.07) is 8.50. The molecule has 84 valence electrons. The molecule has 1 heterocycles. The Morgan fingerprint density at radius 1 is 1.12 bits per heavy atom. The summed E-state index contributed by atoms with van der Waals surface area (Å²) in [4.78, 5) is 1.43. The molecule has 0 unspecified atom stereocenters. The van der Waals surface area contributed by atoms with Crippen LogP contribution in [0.25, 0.3) is 0 Å². The topological polar surface area (TPSA) is 0 Å². The Labute approximate surface area is 106 Å². The fourth-order valence-corrected chi connectivity index (χ4v) is 2.98. The number of hydrogen-bond donors (Lipinski definition) is 0. The van der Waals surface area contributed by atoms with Crippen molar-refractivity contribution in [1.29, 1.82) is 0 Å². The molecule has 0 spiro atoms. The van der Waals surface area contributed by atoms with E-state index in [1.807, 2.05) is 17.4 Å². The van der Waals surface area contributed by atoms with Crippen molar-refractivity contribution < 1.29 is 0 Å². The second-order valence-electron chi connectivity index (χ2n) is 4.14. The highest BCUT2D eigenvalue weighted by molar-refractivity contribution is 7.10. The first-order chi connectivity index (χ1) is 7.65. The summed E-state index contributed by atoms with van der Waals surface area (Å²) in [5.41, 5.74) is 4.03. The van der Waals surface area contributed by atoms with E-state index in [9.17, 15) is 0 Å². The normalized spacial score (nSPS) is 10.7. The average Bonchev–Trinajstić information content (AvgIpc) is 2.59. The second kappa shape index (κ2) is 5.03. The molecule has 0 N–H and O–H groups in total. The van der Waals surface area contributed by atoms with E-state index >= 15 is 0 Å². The van der Waals surface area contributed by atoms with Crippen LogP contribution < -0.4 is 0 Å². The van der Waals surface area contributed by atoms with Crippen molar-refractivity contribution >= 4 is 22.9 Å². The van der Waals surface area contributed by atoms with Crippen LogP contribution in [0, 0.1) is 13.8 Å². The molecule has 0 aliphatic rings. The molecule has 0 radical (unpaired) electrons. The molecule has 1 aromatic carbocycles. The zero-order chi connectivity index (χ0) is 11.5. The SMILES string of the molecule is Cc1cc(Cl)cc(CCc2ccsc2C)c1. The molecule has 1 aromatic heterocycles. The van der Waals surface area contributed by atoms with Crippen molar-refractivity contribution in [3.8, 4) is 0 Å². The van der Waals surface area contributed by atoms with Gasteiger partial charge in [0, 0.05) is 9.90 Å². The average molecular weight is 251 g/mol. The third-order valence-corrected chi connectivity index (χ3v) is 3.86. The monoisotopic (exact) mass is 250 g/mol. The lowest BCUT2D eigenvalue weighted by Crippen LogP contribution is -1.92. The van der Waals surface area contributed by atoms with Gasteiger partial charge in [0.15, 0.2) is 0 Å². The van der Waals surface area contributed by atoms with E-state index in [-0.39, 0.29) is 0 Å². The first kappa shape index (κ1) is 11.7. The second-order valence-corrected chi connectivity index (χ2v) is 5.70. The lowest BCUT2D eigenvalue weighted by molar-refractivity contribution is 0.956. The third kappa shape index (κ3) is 2.87. The number of thiophene rings is 1. The summed E-state index contributed by atoms with van der Waals surface area (Å²) in [7, 11) is 0. The van der Waals surface area contributed by atoms with Gasteiger partial charge in [0.2, 0.25) is 0 Å². The quantitative estimate of drug-likeness (QED) is 0.734.